The molecule has 0 bridgehead atoms. The summed E-state index contributed by atoms with van der Waals surface area (Å²) in [4.78, 5) is 12.7. The third-order valence-corrected chi connectivity index (χ3v) is 3.15. The number of piperidine rings is 1. The zero-order chi connectivity index (χ0) is 10.8. The summed E-state index contributed by atoms with van der Waals surface area (Å²) in [6, 6.07) is 0. The molecule has 0 spiro atoms. The largest absolute Gasteiger partial charge is 0.481 e. The number of hydrogen-bond donors (Lipinski definition) is 1. The highest BCUT2D eigenvalue weighted by molar-refractivity contribution is 5.67. The molecule has 0 amide bonds. The second kappa shape index (κ2) is 4.26. The first-order valence-electron chi connectivity index (χ1n) is 5.01. The van der Waals surface area contributed by atoms with E-state index < -0.39 is 17.6 Å². The van der Waals surface area contributed by atoms with Crippen molar-refractivity contribution in [1.29, 1.82) is 0 Å². The fourth-order valence-electron chi connectivity index (χ4n) is 2.31. The number of carboxylic acid groups (broad SMARTS) is 1. The minimum absolute atomic E-state index is 0.0605. The zero-order valence-corrected chi connectivity index (χ0v) is 8.79. The summed E-state index contributed by atoms with van der Waals surface area (Å²) in [5.41, 5.74) is -0.668. The van der Waals surface area contributed by atoms with Crippen LogP contribution in [0, 0.1) is 5.41 Å². The van der Waals surface area contributed by atoms with Crippen LogP contribution in [-0.2, 0) is 4.79 Å². The third-order valence-electron chi connectivity index (χ3n) is 3.15. The van der Waals surface area contributed by atoms with Crippen molar-refractivity contribution in [3.05, 3.63) is 0 Å². The number of alkyl halides is 1. The van der Waals surface area contributed by atoms with Crippen LogP contribution in [0.25, 0.3) is 0 Å². The molecule has 0 aromatic heterocycles. The molecule has 0 radical (unpaired) electrons. The van der Waals surface area contributed by atoms with Crippen LogP contribution in [0.5, 0.6) is 0 Å². The Morgan fingerprint density at radius 3 is 2.79 bits per heavy atom. The number of halogens is 1. The predicted octanol–water partition coefficient (Wildman–Crippen LogP) is 1.53. The molecule has 1 fully saturated rings. The number of nitrogens with zero attached hydrogens (tertiary/aromatic N) is 1. The first kappa shape index (κ1) is 11.4. The van der Waals surface area contributed by atoms with Crippen LogP contribution in [-0.4, -0.2) is 42.3 Å². The minimum atomic E-state index is -1.05. The Kier molecular flexibility index (Phi) is 3.48. The van der Waals surface area contributed by atoms with Gasteiger partial charge in [0.15, 0.2) is 0 Å². The molecule has 3 nitrogen and oxygen atoms in total. The van der Waals surface area contributed by atoms with Gasteiger partial charge in [-0.15, -0.1) is 0 Å². The summed E-state index contributed by atoms with van der Waals surface area (Å²) in [6.45, 7) is 2.97. The summed E-state index contributed by atoms with van der Waals surface area (Å²) in [5, 5.41) is 8.78. The molecule has 2 atom stereocenters. The van der Waals surface area contributed by atoms with Crippen molar-refractivity contribution in [2.45, 2.75) is 32.4 Å². The zero-order valence-electron chi connectivity index (χ0n) is 8.79. The molecule has 14 heavy (non-hydrogen) atoms. The lowest BCUT2D eigenvalue weighted by molar-refractivity contribution is -0.142. The van der Waals surface area contributed by atoms with E-state index in [4.69, 9.17) is 5.11 Å². The number of carbonyl (C=O) groups is 1. The van der Waals surface area contributed by atoms with Gasteiger partial charge >= 0.3 is 5.97 Å². The quantitative estimate of drug-likeness (QED) is 0.756. The van der Waals surface area contributed by atoms with Gasteiger partial charge in [-0.25, -0.2) is 4.39 Å². The first-order valence-corrected chi connectivity index (χ1v) is 5.01. The molecule has 0 aromatic carbocycles. The fraction of sp³-hybridized carbons (Fsp3) is 0.900. The Bertz CT molecular complexity index is 220. The van der Waals surface area contributed by atoms with E-state index in [9.17, 15) is 9.18 Å². The van der Waals surface area contributed by atoms with Crippen LogP contribution in [0.1, 0.15) is 26.2 Å². The SMILES string of the molecule is CC(F)C1(CC(=O)O)CCCN(C)C1. The number of carboxylic acids is 1. The van der Waals surface area contributed by atoms with Gasteiger partial charge in [0.05, 0.1) is 6.42 Å². The highest BCUT2D eigenvalue weighted by atomic mass is 19.1. The molecule has 1 rings (SSSR count). The molecule has 1 heterocycles. The average Bonchev–Trinajstić information content (AvgIpc) is 2.02. The molecular formula is C10H18FNO2. The van der Waals surface area contributed by atoms with E-state index >= 15 is 0 Å². The van der Waals surface area contributed by atoms with Gasteiger partial charge in [-0.05, 0) is 33.4 Å². The molecule has 82 valence electrons. The van der Waals surface area contributed by atoms with E-state index in [1.807, 2.05) is 11.9 Å². The van der Waals surface area contributed by atoms with Gasteiger partial charge < -0.3 is 10.0 Å². The highest BCUT2D eigenvalue weighted by Crippen LogP contribution is 2.37. The predicted molar refractivity (Wildman–Crippen MR) is 52.0 cm³/mol. The van der Waals surface area contributed by atoms with Crippen molar-refractivity contribution in [3.8, 4) is 0 Å². The second-order valence-corrected chi connectivity index (χ2v) is 4.39. The summed E-state index contributed by atoms with van der Waals surface area (Å²) >= 11 is 0. The van der Waals surface area contributed by atoms with E-state index in [1.165, 1.54) is 6.92 Å². The Labute approximate surface area is 83.9 Å². The van der Waals surface area contributed by atoms with Crippen molar-refractivity contribution in [2.75, 3.05) is 20.1 Å². The number of rotatable bonds is 3. The van der Waals surface area contributed by atoms with E-state index in [1.54, 1.807) is 0 Å². The molecule has 1 aliphatic heterocycles. The van der Waals surface area contributed by atoms with Gasteiger partial charge in [0.25, 0.3) is 0 Å². The van der Waals surface area contributed by atoms with Crippen molar-refractivity contribution in [3.63, 3.8) is 0 Å². The van der Waals surface area contributed by atoms with Crippen molar-refractivity contribution < 1.29 is 14.3 Å². The molecule has 0 aromatic rings. The standard InChI is InChI=1S/C10H18FNO2/c1-8(11)10(6-9(13)14)4-3-5-12(2)7-10/h8H,3-7H2,1-2H3,(H,13,14). The van der Waals surface area contributed by atoms with Gasteiger partial charge in [-0.3, -0.25) is 4.79 Å². The van der Waals surface area contributed by atoms with Gasteiger partial charge in [0, 0.05) is 12.0 Å². The lowest BCUT2D eigenvalue weighted by Crippen LogP contribution is -2.47. The van der Waals surface area contributed by atoms with Gasteiger partial charge in [0.2, 0.25) is 0 Å². The number of likely N-dealkylation sites (tertiary alicyclic amines) is 1. The van der Waals surface area contributed by atoms with Crippen LogP contribution >= 0.6 is 0 Å². The van der Waals surface area contributed by atoms with E-state index in [-0.39, 0.29) is 6.42 Å². The maximum atomic E-state index is 13.5. The minimum Gasteiger partial charge on any atom is -0.481 e. The summed E-state index contributed by atoms with van der Waals surface area (Å²) < 4.78 is 13.5. The third kappa shape index (κ3) is 2.44. The highest BCUT2D eigenvalue weighted by Gasteiger charge is 2.41. The van der Waals surface area contributed by atoms with E-state index in [0.717, 1.165) is 13.0 Å². The molecule has 1 N–H and O–H groups in total. The molecular weight excluding hydrogens is 185 g/mol. The smallest absolute Gasteiger partial charge is 0.304 e. The fourth-order valence-corrected chi connectivity index (χ4v) is 2.31. The van der Waals surface area contributed by atoms with Gasteiger partial charge in [-0.2, -0.15) is 0 Å². The van der Waals surface area contributed by atoms with Crippen LogP contribution in [0.15, 0.2) is 0 Å². The van der Waals surface area contributed by atoms with Crippen LogP contribution in [0.2, 0.25) is 0 Å². The normalized spacial score (nSPS) is 31.4. The maximum Gasteiger partial charge on any atom is 0.304 e. The lowest BCUT2D eigenvalue weighted by Gasteiger charge is -2.41. The maximum absolute atomic E-state index is 13.5. The van der Waals surface area contributed by atoms with Gasteiger partial charge in [0.1, 0.15) is 6.17 Å². The van der Waals surface area contributed by atoms with Crippen molar-refractivity contribution in [1.82, 2.24) is 4.90 Å². The van der Waals surface area contributed by atoms with Crippen LogP contribution in [0.3, 0.4) is 0 Å². The summed E-state index contributed by atoms with van der Waals surface area (Å²) in [6.07, 6.45) is 0.454. The molecule has 0 aliphatic carbocycles. The van der Waals surface area contributed by atoms with Crippen LogP contribution in [0.4, 0.5) is 4.39 Å². The number of aliphatic carboxylic acids is 1. The van der Waals surface area contributed by atoms with Gasteiger partial charge in [-0.1, -0.05) is 0 Å². The monoisotopic (exact) mass is 203 g/mol. The number of hydrogen-bond acceptors (Lipinski definition) is 2. The molecule has 1 aliphatic rings. The lowest BCUT2D eigenvalue weighted by atomic mass is 9.74. The topological polar surface area (TPSA) is 40.5 Å². The molecule has 4 heteroatoms. The summed E-state index contributed by atoms with van der Waals surface area (Å²) in [5.74, 6) is -0.898. The van der Waals surface area contributed by atoms with Crippen molar-refractivity contribution in [2.24, 2.45) is 5.41 Å². The first-order chi connectivity index (χ1) is 6.46. The van der Waals surface area contributed by atoms with Crippen LogP contribution < -0.4 is 0 Å². The second-order valence-electron chi connectivity index (χ2n) is 4.39. The Morgan fingerprint density at radius 2 is 2.36 bits per heavy atom. The molecule has 2 unspecified atom stereocenters. The Hall–Kier alpha value is -0.640. The summed E-state index contributed by atoms with van der Waals surface area (Å²) in [7, 11) is 1.91. The molecule has 1 saturated heterocycles. The van der Waals surface area contributed by atoms with E-state index in [2.05, 4.69) is 0 Å². The van der Waals surface area contributed by atoms with E-state index in [0.29, 0.717) is 13.0 Å². The molecule has 0 saturated carbocycles. The Balaban J connectivity index is 2.74. The Morgan fingerprint density at radius 1 is 1.71 bits per heavy atom. The average molecular weight is 203 g/mol. The van der Waals surface area contributed by atoms with Crippen molar-refractivity contribution >= 4 is 5.97 Å².